The predicted octanol–water partition coefficient (Wildman–Crippen LogP) is 3.38. The highest BCUT2D eigenvalue weighted by atomic mass is 79.9. The van der Waals surface area contributed by atoms with Crippen molar-refractivity contribution in [2.24, 2.45) is 0 Å². The molecule has 1 aliphatic rings. The Labute approximate surface area is 128 Å². The molecule has 0 unspecified atom stereocenters. The van der Waals surface area contributed by atoms with E-state index in [4.69, 9.17) is 0 Å². The molecule has 100 valence electrons. The zero-order valence-electron chi connectivity index (χ0n) is 10.0. The van der Waals surface area contributed by atoms with E-state index in [9.17, 15) is 4.79 Å². The summed E-state index contributed by atoms with van der Waals surface area (Å²) in [7, 11) is 0. The zero-order chi connectivity index (χ0) is 13.0. The van der Waals surface area contributed by atoms with Gasteiger partial charge in [-0.05, 0) is 57.2 Å². The lowest BCUT2D eigenvalue weighted by molar-refractivity contribution is -0.131. The number of piperidine rings is 1. The lowest BCUT2D eigenvalue weighted by Gasteiger charge is -2.26. The molecule has 0 aromatic carbocycles. The summed E-state index contributed by atoms with van der Waals surface area (Å²) in [5, 5.41) is 3.22. The zero-order valence-corrected chi connectivity index (χ0v) is 14.0. The fourth-order valence-corrected chi connectivity index (χ4v) is 4.17. The van der Waals surface area contributed by atoms with Crippen molar-refractivity contribution in [1.29, 1.82) is 0 Å². The molecule has 18 heavy (non-hydrogen) atoms. The summed E-state index contributed by atoms with van der Waals surface area (Å²) in [5.74, 6) is 0.226. The van der Waals surface area contributed by atoms with Crippen LogP contribution in [-0.2, 0) is 11.3 Å². The largest absolute Gasteiger partial charge is 0.342 e. The van der Waals surface area contributed by atoms with Crippen molar-refractivity contribution in [3.8, 4) is 0 Å². The van der Waals surface area contributed by atoms with Gasteiger partial charge in [-0.3, -0.25) is 4.79 Å². The molecule has 1 aromatic rings. The summed E-state index contributed by atoms with van der Waals surface area (Å²) in [6.07, 6.45) is 3.56. The molecule has 1 saturated heterocycles. The number of likely N-dealkylation sites (tertiary alicyclic amines) is 1. The summed E-state index contributed by atoms with van der Waals surface area (Å²) in [6.45, 7) is 3.04. The Morgan fingerprint density at radius 3 is 2.67 bits per heavy atom. The molecular weight excluding hydrogens is 380 g/mol. The van der Waals surface area contributed by atoms with Crippen LogP contribution >= 0.6 is 43.2 Å². The molecule has 1 aliphatic heterocycles. The third kappa shape index (κ3) is 4.05. The minimum Gasteiger partial charge on any atom is -0.342 e. The summed E-state index contributed by atoms with van der Waals surface area (Å²) >= 11 is 8.61. The molecule has 6 heteroatoms. The van der Waals surface area contributed by atoms with Crippen molar-refractivity contribution >= 4 is 49.1 Å². The molecule has 1 fully saturated rings. The fraction of sp³-hybridized carbons (Fsp3) is 0.583. The van der Waals surface area contributed by atoms with E-state index in [0.29, 0.717) is 6.54 Å². The fourth-order valence-electron chi connectivity index (χ4n) is 2.03. The van der Waals surface area contributed by atoms with Gasteiger partial charge in [-0.2, -0.15) is 0 Å². The maximum Gasteiger partial charge on any atom is 0.236 e. The second-order valence-electron chi connectivity index (χ2n) is 4.38. The first-order chi connectivity index (χ1) is 8.66. The maximum absolute atomic E-state index is 11.9. The first kappa shape index (κ1) is 14.5. The predicted molar refractivity (Wildman–Crippen MR) is 81.9 cm³/mol. The molecule has 2 heterocycles. The molecule has 0 spiro atoms. The number of halogens is 2. The van der Waals surface area contributed by atoms with Crippen LogP contribution in [0.4, 0.5) is 0 Å². The van der Waals surface area contributed by atoms with Crippen LogP contribution in [0.2, 0.25) is 0 Å². The smallest absolute Gasteiger partial charge is 0.236 e. The molecule has 0 atom stereocenters. The summed E-state index contributed by atoms with van der Waals surface area (Å²) < 4.78 is 2.17. The average Bonchev–Trinajstić information content (AvgIpc) is 2.69. The molecular formula is C12H16Br2N2OS. The number of carbonyl (C=O) groups is 1. The van der Waals surface area contributed by atoms with Crippen molar-refractivity contribution < 1.29 is 4.79 Å². The van der Waals surface area contributed by atoms with Crippen LogP contribution < -0.4 is 5.32 Å². The molecule has 0 bridgehead atoms. The average molecular weight is 396 g/mol. The molecule has 0 saturated carbocycles. The summed E-state index contributed by atoms with van der Waals surface area (Å²) in [6, 6.07) is 2.08. The number of nitrogens with one attached hydrogen (secondary N) is 1. The first-order valence-electron chi connectivity index (χ1n) is 6.09. The van der Waals surface area contributed by atoms with Crippen LogP contribution in [0.5, 0.6) is 0 Å². The van der Waals surface area contributed by atoms with Gasteiger partial charge in [0.05, 0.1) is 10.3 Å². The Bertz CT molecular complexity index is 397. The third-order valence-corrected chi connectivity index (χ3v) is 6.24. The highest BCUT2D eigenvalue weighted by Gasteiger charge is 2.15. The summed E-state index contributed by atoms with van der Waals surface area (Å²) in [4.78, 5) is 15.1. The van der Waals surface area contributed by atoms with E-state index in [-0.39, 0.29) is 5.91 Å². The van der Waals surface area contributed by atoms with Crippen molar-refractivity contribution in [2.75, 3.05) is 19.6 Å². The quantitative estimate of drug-likeness (QED) is 0.847. The number of hydrogen-bond donors (Lipinski definition) is 1. The lowest BCUT2D eigenvalue weighted by Crippen LogP contribution is -2.40. The van der Waals surface area contributed by atoms with Gasteiger partial charge in [0, 0.05) is 29.0 Å². The second kappa shape index (κ2) is 7.03. The van der Waals surface area contributed by atoms with Crippen LogP contribution in [0.1, 0.15) is 24.1 Å². The second-order valence-corrected chi connectivity index (χ2v) is 7.69. The third-order valence-electron chi connectivity index (χ3n) is 2.98. The van der Waals surface area contributed by atoms with Crippen LogP contribution in [0, 0.1) is 0 Å². The van der Waals surface area contributed by atoms with Gasteiger partial charge in [0.2, 0.25) is 5.91 Å². The van der Waals surface area contributed by atoms with Crippen molar-refractivity contribution in [3.63, 3.8) is 0 Å². The van der Waals surface area contributed by atoms with Crippen LogP contribution in [0.3, 0.4) is 0 Å². The molecule has 0 aliphatic carbocycles. The van der Waals surface area contributed by atoms with Gasteiger partial charge in [-0.1, -0.05) is 0 Å². The number of hydrogen-bond acceptors (Lipinski definition) is 3. The lowest BCUT2D eigenvalue weighted by atomic mass is 10.1. The van der Waals surface area contributed by atoms with E-state index in [2.05, 4.69) is 43.2 Å². The van der Waals surface area contributed by atoms with Gasteiger partial charge in [-0.25, -0.2) is 0 Å². The monoisotopic (exact) mass is 394 g/mol. The molecule has 3 nitrogen and oxygen atoms in total. The van der Waals surface area contributed by atoms with Crippen LogP contribution in [0.15, 0.2) is 14.3 Å². The SMILES string of the molecule is O=C(CNCc1cc(Br)c(Br)s1)N1CCCCC1. The van der Waals surface area contributed by atoms with Gasteiger partial charge < -0.3 is 10.2 Å². The van der Waals surface area contributed by atoms with Gasteiger partial charge in [0.1, 0.15) is 0 Å². The van der Waals surface area contributed by atoms with Crippen molar-refractivity contribution in [3.05, 3.63) is 19.2 Å². The normalized spacial score (nSPS) is 16.0. The molecule has 1 aromatic heterocycles. The number of amides is 1. The Kier molecular flexibility index (Phi) is 5.66. The van der Waals surface area contributed by atoms with Crippen molar-refractivity contribution in [2.45, 2.75) is 25.8 Å². The van der Waals surface area contributed by atoms with Crippen molar-refractivity contribution in [1.82, 2.24) is 10.2 Å². The Morgan fingerprint density at radius 2 is 2.06 bits per heavy atom. The van der Waals surface area contributed by atoms with Gasteiger partial charge in [0.25, 0.3) is 0 Å². The number of carbonyl (C=O) groups excluding carboxylic acids is 1. The van der Waals surface area contributed by atoms with E-state index in [1.807, 2.05) is 4.90 Å². The Hall–Kier alpha value is 0.0900. The minimum absolute atomic E-state index is 0.226. The number of thiophene rings is 1. The van der Waals surface area contributed by atoms with Gasteiger partial charge in [0.15, 0.2) is 0 Å². The van der Waals surface area contributed by atoms with E-state index in [0.717, 1.165) is 40.7 Å². The van der Waals surface area contributed by atoms with Gasteiger partial charge >= 0.3 is 0 Å². The highest BCUT2D eigenvalue weighted by Crippen LogP contribution is 2.32. The Morgan fingerprint density at radius 1 is 1.33 bits per heavy atom. The maximum atomic E-state index is 11.9. The summed E-state index contributed by atoms with van der Waals surface area (Å²) in [5.41, 5.74) is 0. The van der Waals surface area contributed by atoms with Gasteiger partial charge in [-0.15, -0.1) is 11.3 Å². The number of nitrogens with zero attached hydrogens (tertiary/aromatic N) is 1. The van der Waals surface area contributed by atoms with Crippen LogP contribution in [-0.4, -0.2) is 30.4 Å². The van der Waals surface area contributed by atoms with E-state index in [1.54, 1.807) is 11.3 Å². The number of rotatable bonds is 4. The van der Waals surface area contributed by atoms with Crippen LogP contribution in [0.25, 0.3) is 0 Å². The van der Waals surface area contributed by atoms with E-state index < -0.39 is 0 Å². The Balaban J connectivity index is 1.72. The molecule has 2 rings (SSSR count). The highest BCUT2D eigenvalue weighted by molar-refractivity contribution is 9.13. The van der Waals surface area contributed by atoms with E-state index in [1.165, 1.54) is 11.3 Å². The minimum atomic E-state index is 0.226. The standard InChI is InChI=1S/C12H16Br2N2OS/c13-10-6-9(18-12(10)14)7-15-8-11(17)16-4-2-1-3-5-16/h6,15H,1-5,7-8H2. The first-order valence-corrected chi connectivity index (χ1v) is 8.49. The molecule has 1 N–H and O–H groups in total. The molecule has 0 radical (unpaired) electrons. The van der Waals surface area contributed by atoms with E-state index >= 15 is 0 Å². The topological polar surface area (TPSA) is 32.3 Å². The molecule has 1 amide bonds.